The number of hydrogen-bond acceptors (Lipinski definition) is 7. The maximum Gasteiger partial charge on any atom is 0.510 e. The Bertz CT molecular complexity index is 1240. The molecule has 1 N–H and O–H groups in total. The van der Waals surface area contributed by atoms with Gasteiger partial charge in [-0.25, -0.2) is 9.59 Å². The number of esters is 1. The molecule has 2 aromatic carbocycles. The first kappa shape index (κ1) is 40.2. The number of carbonyl (C=O) groups excluding carboxylic acids is 2. The average Bonchev–Trinajstić information content (AvgIpc) is 3.71. The van der Waals surface area contributed by atoms with Crippen molar-refractivity contribution in [2.45, 2.75) is 152 Å². The fourth-order valence-electron chi connectivity index (χ4n) is 9.40. The van der Waals surface area contributed by atoms with Crippen LogP contribution in [-0.4, -0.2) is 74.9 Å². The third-order valence-electron chi connectivity index (χ3n) is 12.2. The molecule has 1 spiro atoms. The Balaban J connectivity index is 1.03. The van der Waals surface area contributed by atoms with E-state index in [1.807, 2.05) is 67.7 Å². The summed E-state index contributed by atoms with van der Waals surface area (Å²) in [4.78, 5) is 27.1. The lowest BCUT2D eigenvalue weighted by atomic mass is 9.85. The Labute approximate surface area is 313 Å². The van der Waals surface area contributed by atoms with E-state index in [1.165, 1.54) is 114 Å². The van der Waals surface area contributed by atoms with Crippen LogP contribution in [0.4, 0.5) is 4.79 Å². The predicted molar refractivity (Wildman–Crippen MR) is 206 cm³/mol. The van der Waals surface area contributed by atoms with Gasteiger partial charge in [0.2, 0.25) is 5.60 Å². The van der Waals surface area contributed by atoms with Crippen molar-refractivity contribution in [3.8, 4) is 0 Å². The van der Waals surface area contributed by atoms with Gasteiger partial charge in [-0.2, -0.15) is 0 Å². The van der Waals surface area contributed by atoms with Crippen molar-refractivity contribution in [3.05, 3.63) is 71.8 Å². The number of nitrogens with one attached hydrogen (secondary N) is 1. The molecular weight excluding hydrogens is 652 g/mol. The number of hydrogen-bond donors (Lipinski definition) is 1. The number of rotatable bonds is 24. The molecule has 0 saturated carbocycles. The van der Waals surface area contributed by atoms with Crippen LogP contribution in [0.1, 0.15) is 140 Å². The van der Waals surface area contributed by atoms with E-state index in [0.29, 0.717) is 29.8 Å². The minimum atomic E-state index is -1.59. The van der Waals surface area contributed by atoms with Crippen molar-refractivity contribution in [3.63, 3.8) is 0 Å². The monoisotopic (exact) mass is 719 g/mol. The van der Waals surface area contributed by atoms with Crippen molar-refractivity contribution >= 4 is 12.1 Å². The smallest absolute Gasteiger partial charge is 0.459 e. The topological polar surface area (TPSA) is 83.1 Å². The number of quaternary nitrogens is 1. The molecule has 2 unspecified atom stereocenters. The molecule has 3 saturated heterocycles. The van der Waals surface area contributed by atoms with Crippen molar-refractivity contribution < 1.29 is 33.0 Å². The van der Waals surface area contributed by atoms with Gasteiger partial charge in [-0.15, -0.1) is 0 Å². The molecule has 2 aromatic rings. The number of ether oxygens (including phenoxy) is 4. The molecule has 0 amide bonds. The molecule has 3 fully saturated rings. The molecule has 3 aliphatic heterocycles. The standard InChI is InChI=1S/C44H67N2O6/c1-45-30-20-12-10-8-6-4-2-3-5-7-9-11-13-23-33-49-43(48)50-36-51-44(37-24-16-14-17-25-37,38-26-18-15-19-27-38)42(47)52-41-34-39-28-29-40(35-41)46(39)31-21-22-32-46/h14-19,24-27,39-41,45H,2-13,20-23,28-36H2,1H3/q+1. The van der Waals surface area contributed by atoms with E-state index in [2.05, 4.69) is 5.32 Å². The van der Waals surface area contributed by atoms with Crippen molar-refractivity contribution in [2.24, 2.45) is 0 Å². The highest BCUT2D eigenvalue weighted by atomic mass is 16.8. The first-order valence-corrected chi connectivity index (χ1v) is 20.8. The highest BCUT2D eigenvalue weighted by Crippen LogP contribution is 2.47. The minimum Gasteiger partial charge on any atom is -0.459 e. The summed E-state index contributed by atoms with van der Waals surface area (Å²) < 4.78 is 24.8. The van der Waals surface area contributed by atoms with Crippen molar-refractivity contribution in [1.82, 2.24) is 5.32 Å². The molecule has 3 aliphatic rings. The maximum absolute atomic E-state index is 14.5. The summed E-state index contributed by atoms with van der Waals surface area (Å²) in [6, 6.07) is 20.0. The van der Waals surface area contributed by atoms with Gasteiger partial charge in [0.15, 0.2) is 6.79 Å². The summed E-state index contributed by atoms with van der Waals surface area (Å²) in [5, 5.41) is 3.22. The molecule has 0 radical (unpaired) electrons. The Morgan fingerprint density at radius 2 is 1.15 bits per heavy atom. The number of benzene rings is 2. The highest BCUT2D eigenvalue weighted by molar-refractivity contribution is 5.86. The summed E-state index contributed by atoms with van der Waals surface area (Å²) in [6.45, 7) is 3.54. The van der Waals surface area contributed by atoms with Crippen LogP contribution in [0, 0.1) is 0 Å². The summed E-state index contributed by atoms with van der Waals surface area (Å²) in [5.41, 5.74) is -0.321. The first-order chi connectivity index (χ1) is 25.6. The fourth-order valence-corrected chi connectivity index (χ4v) is 9.40. The average molecular weight is 720 g/mol. The predicted octanol–water partition coefficient (Wildman–Crippen LogP) is 9.59. The second-order valence-electron chi connectivity index (χ2n) is 15.6. The molecule has 0 aliphatic carbocycles. The van der Waals surface area contributed by atoms with Crippen LogP contribution in [-0.2, 0) is 29.3 Å². The molecule has 8 heteroatoms. The third-order valence-corrected chi connectivity index (χ3v) is 12.2. The number of carbonyl (C=O) groups is 2. The number of unbranched alkanes of at least 4 members (excludes halogenated alkanes) is 13. The van der Waals surface area contributed by atoms with E-state index >= 15 is 0 Å². The molecule has 288 valence electrons. The number of piperidine rings is 1. The number of nitrogens with zero attached hydrogens (tertiary/aromatic N) is 1. The molecule has 2 bridgehead atoms. The van der Waals surface area contributed by atoms with Gasteiger partial charge in [-0.1, -0.05) is 138 Å². The molecule has 0 aromatic heterocycles. The quantitative estimate of drug-likeness (QED) is 0.0501. The van der Waals surface area contributed by atoms with E-state index in [4.69, 9.17) is 18.9 Å². The zero-order valence-corrected chi connectivity index (χ0v) is 32.1. The maximum atomic E-state index is 14.5. The largest absolute Gasteiger partial charge is 0.510 e. The van der Waals surface area contributed by atoms with Gasteiger partial charge in [0, 0.05) is 38.5 Å². The summed E-state index contributed by atoms with van der Waals surface area (Å²) >= 11 is 0. The summed E-state index contributed by atoms with van der Waals surface area (Å²) in [7, 11) is 2.03. The fraction of sp³-hybridized carbons (Fsp3) is 0.682. The third kappa shape index (κ3) is 11.0. The van der Waals surface area contributed by atoms with Crippen LogP contribution in [0.15, 0.2) is 60.7 Å². The molecule has 3 heterocycles. The zero-order valence-electron chi connectivity index (χ0n) is 32.1. The van der Waals surface area contributed by atoms with Gasteiger partial charge in [0.1, 0.15) is 6.10 Å². The lowest BCUT2D eigenvalue weighted by molar-refractivity contribution is -0.956. The van der Waals surface area contributed by atoms with E-state index in [-0.39, 0.29) is 6.10 Å². The first-order valence-electron chi connectivity index (χ1n) is 20.8. The lowest BCUT2D eigenvalue weighted by Gasteiger charge is -2.47. The van der Waals surface area contributed by atoms with Gasteiger partial charge in [0.25, 0.3) is 0 Å². The summed E-state index contributed by atoms with van der Waals surface area (Å²) in [5.74, 6) is -0.465. The normalized spacial score (nSPS) is 20.6. The van der Waals surface area contributed by atoms with Crippen molar-refractivity contribution in [1.29, 1.82) is 0 Å². The van der Waals surface area contributed by atoms with Crippen LogP contribution in [0.3, 0.4) is 0 Å². The van der Waals surface area contributed by atoms with Crippen LogP contribution in [0.25, 0.3) is 0 Å². The van der Waals surface area contributed by atoms with E-state index in [0.717, 1.165) is 38.6 Å². The Kier molecular flexibility index (Phi) is 16.8. The summed E-state index contributed by atoms with van der Waals surface area (Å²) in [6.07, 6.45) is 23.5. The highest BCUT2D eigenvalue weighted by Gasteiger charge is 2.57. The van der Waals surface area contributed by atoms with Gasteiger partial charge in [0.05, 0.1) is 31.8 Å². The van der Waals surface area contributed by atoms with Crippen LogP contribution in [0.2, 0.25) is 0 Å². The van der Waals surface area contributed by atoms with Crippen molar-refractivity contribution in [2.75, 3.05) is 40.1 Å². The SMILES string of the molecule is CNCCCCCCCCCCCCCCCCOC(=O)OCOC(C(=O)OC1CC2CCC(C1)[N+]21CCCC1)(c1ccccc1)c1ccccc1. The molecule has 2 atom stereocenters. The van der Waals surface area contributed by atoms with E-state index in [9.17, 15) is 9.59 Å². The van der Waals surface area contributed by atoms with Gasteiger partial charge in [-0.3, -0.25) is 0 Å². The molecule has 5 rings (SSSR count). The molecule has 8 nitrogen and oxygen atoms in total. The molecular formula is C44H67N2O6+. The molecule has 52 heavy (non-hydrogen) atoms. The van der Waals surface area contributed by atoms with Crippen LogP contribution >= 0.6 is 0 Å². The second-order valence-corrected chi connectivity index (χ2v) is 15.6. The van der Waals surface area contributed by atoms with Gasteiger partial charge < -0.3 is 28.7 Å². The van der Waals surface area contributed by atoms with E-state index in [1.54, 1.807) is 0 Å². The Morgan fingerprint density at radius 3 is 1.65 bits per heavy atom. The Hall–Kier alpha value is -2.94. The van der Waals surface area contributed by atoms with Crippen LogP contribution in [0.5, 0.6) is 0 Å². The second kappa shape index (κ2) is 21.7. The van der Waals surface area contributed by atoms with Gasteiger partial charge >= 0.3 is 12.1 Å². The zero-order chi connectivity index (χ0) is 36.3. The van der Waals surface area contributed by atoms with E-state index < -0.39 is 24.5 Å². The van der Waals surface area contributed by atoms with Crippen LogP contribution < -0.4 is 5.32 Å². The van der Waals surface area contributed by atoms with Gasteiger partial charge in [-0.05, 0) is 37.6 Å². The lowest BCUT2D eigenvalue weighted by Crippen LogP contribution is -2.60. The Morgan fingerprint density at radius 1 is 0.673 bits per heavy atom. The minimum absolute atomic E-state index is 0.159.